The minimum absolute atomic E-state index is 0.280. The van der Waals surface area contributed by atoms with Crippen LogP contribution in [0.15, 0.2) is 78.2 Å². The summed E-state index contributed by atoms with van der Waals surface area (Å²) in [6.07, 6.45) is 7.41. The van der Waals surface area contributed by atoms with Crippen LogP contribution in [0.2, 0.25) is 0 Å². The number of piperazine rings is 1. The highest BCUT2D eigenvalue weighted by Crippen LogP contribution is 2.34. The zero-order valence-electron chi connectivity index (χ0n) is 18.2. The Balaban J connectivity index is 1.37. The molecular formula is C25H21N6O2S-. The Labute approximate surface area is 198 Å². The average molecular weight is 470 g/mol. The lowest BCUT2D eigenvalue weighted by Gasteiger charge is -2.28. The molecule has 2 aromatic carbocycles. The Morgan fingerprint density at radius 2 is 1.65 bits per heavy atom. The third-order valence-corrected chi connectivity index (χ3v) is 6.95. The zero-order valence-corrected chi connectivity index (χ0v) is 19.0. The van der Waals surface area contributed by atoms with Crippen LogP contribution in [0, 0.1) is 0 Å². The molecule has 0 radical (unpaired) electrons. The van der Waals surface area contributed by atoms with Gasteiger partial charge in [0.25, 0.3) is 0 Å². The maximum Gasteiger partial charge on any atom is 0.162 e. The van der Waals surface area contributed by atoms with Gasteiger partial charge in [-0.2, -0.15) is 5.10 Å². The molecule has 1 aliphatic rings. The molecular weight excluding hydrogens is 448 g/mol. The van der Waals surface area contributed by atoms with E-state index in [0.717, 1.165) is 59.6 Å². The summed E-state index contributed by atoms with van der Waals surface area (Å²) in [5.74, 6) is 0.981. The van der Waals surface area contributed by atoms with Crippen LogP contribution in [0.5, 0.6) is 0 Å². The van der Waals surface area contributed by atoms with Crippen molar-refractivity contribution in [1.82, 2.24) is 24.9 Å². The predicted octanol–water partition coefficient (Wildman–Crippen LogP) is 3.26. The van der Waals surface area contributed by atoms with Crippen molar-refractivity contribution in [3.05, 3.63) is 73.3 Å². The van der Waals surface area contributed by atoms with E-state index in [4.69, 9.17) is 4.98 Å². The van der Waals surface area contributed by atoms with Crippen LogP contribution in [-0.2, 0) is 11.1 Å². The summed E-state index contributed by atoms with van der Waals surface area (Å²) in [4.78, 5) is 11.9. The van der Waals surface area contributed by atoms with Crippen LogP contribution in [0.4, 0.5) is 5.82 Å². The van der Waals surface area contributed by atoms with Crippen molar-refractivity contribution in [3.63, 3.8) is 0 Å². The number of hydrogen-bond acceptors (Lipinski definition) is 7. The molecule has 1 saturated heterocycles. The van der Waals surface area contributed by atoms with Crippen LogP contribution in [-0.4, -0.2) is 54.5 Å². The third-order valence-electron chi connectivity index (χ3n) is 6.23. The second-order valence-corrected chi connectivity index (χ2v) is 9.11. The smallest absolute Gasteiger partial charge is 0.162 e. The summed E-state index contributed by atoms with van der Waals surface area (Å²) in [7, 11) is 0. The molecule has 0 amide bonds. The highest BCUT2D eigenvalue weighted by atomic mass is 32.2. The molecule has 170 valence electrons. The number of hydrogen-bond donors (Lipinski definition) is 1. The van der Waals surface area contributed by atoms with E-state index in [-0.39, 0.29) is 4.90 Å². The molecule has 1 fully saturated rings. The van der Waals surface area contributed by atoms with Crippen molar-refractivity contribution >= 4 is 33.3 Å². The first-order valence-corrected chi connectivity index (χ1v) is 12.1. The summed E-state index contributed by atoms with van der Waals surface area (Å²) in [6, 6.07) is 15.0. The lowest BCUT2D eigenvalue weighted by Crippen LogP contribution is -2.43. The van der Waals surface area contributed by atoms with Gasteiger partial charge in [0.2, 0.25) is 0 Å². The first-order valence-electron chi connectivity index (χ1n) is 11.1. The number of nitrogens with one attached hydrogen (secondary N) is 1. The van der Waals surface area contributed by atoms with Gasteiger partial charge in [0.05, 0.1) is 6.20 Å². The van der Waals surface area contributed by atoms with E-state index in [9.17, 15) is 8.76 Å². The van der Waals surface area contributed by atoms with Crippen molar-refractivity contribution in [3.8, 4) is 22.3 Å². The van der Waals surface area contributed by atoms with Gasteiger partial charge in [-0.1, -0.05) is 30.3 Å². The SMILES string of the molecule is O=S([O-])c1ccc(-c2cnn3cc(-c4ccc(N5CCNCC5)nc4)cnc23)c2ccccc12. The number of anilines is 1. The molecule has 6 rings (SSSR count). The topological polar surface area (TPSA) is 98.5 Å². The fourth-order valence-corrected chi connectivity index (χ4v) is 5.04. The normalized spacial score (nSPS) is 15.1. The quantitative estimate of drug-likeness (QED) is 0.404. The fourth-order valence-electron chi connectivity index (χ4n) is 4.50. The van der Waals surface area contributed by atoms with E-state index in [1.54, 1.807) is 16.8 Å². The number of pyridine rings is 1. The maximum atomic E-state index is 11.7. The Morgan fingerprint density at radius 1 is 0.853 bits per heavy atom. The molecule has 0 bridgehead atoms. The molecule has 4 heterocycles. The molecule has 9 heteroatoms. The minimum atomic E-state index is -2.31. The van der Waals surface area contributed by atoms with Crippen molar-refractivity contribution in [2.45, 2.75) is 4.90 Å². The van der Waals surface area contributed by atoms with Gasteiger partial charge in [0, 0.05) is 66.4 Å². The highest BCUT2D eigenvalue weighted by molar-refractivity contribution is 7.79. The molecule has 0 aliphatic carbocycles. The average Bonchev–Trinajstić information content (AvgIpc) is 3.31. The Kier molecular flexibility index (Phi) is 5.29. The van der Waals surface area contributed by atoms with Crippen molar-refractivity contribution < 1.29 is 8.76 Å². The third kappa shape index (κ3) is 3.63. The Morgan fingerprint density at radius 3 is 2.41 bits per heavy atom. The van der Waals surface area contributed by atoms with Gasteiger partial charge in [0.1, 0.15) is 5.82 Å². The van der Waals surface area contributed by atoms with Gasteiger partial charge < -0.3 is 14.8 Å². The molecule has 8 nitrogen and oxygen atoms in total. The van der Waals surface area contributed by atoms with Crippen molar-refractivity contribution in [2.75, 3.05) is 31.1 Å². The predicted molar refractivity (Wildman–Crippen MR) is 131 cm³/mol. The molecule has 34 heavy (non-hydrogen) atoms. The van der Waals surface area contributed by atoms with Crippen molar-refractivity contribution in [1.29, 1.82) is 0 Å². The van der Waals surface area contributed by atoms with E-state index in [2.05, 4.69) is 26.4 Å². The second-order valence-electron chi connectivity index (χ2n) is 8.20. The second kappa shape index (κ2) is 8.60. The molecule has 3 aromatic heterocycles. The summed E-state index contributed by atoms with van der Waals surface area (Å²) in [5.41, 5.74) is 4.33. The molecule has 0 spiro atoms. The monoisotopic (exact) mass is 469 g/mol. The molecule has 0 saturated carbocycles. The van der Waals surface area contributed by atoms with E-state index in [1.807, 2.05) is 55.0 Å². The summed E-state index contributed by atoms with van der Waals surface area (Å²) in [5, 5.41) is 9.41. The highest BCUT2D eigenvalue weighted by Gasteiger charge is 2.15. The van der Waals surface area contributed by atoms with E-state index in [0.29, 0.717) is 11.0 Å². The van der Waals surface area contributed by atoms with Crippen LogP contribution in [0.3, 0.4) is 0 Å². The van der Waals surface area contributed by atoms with Crippen LogP contribution in [0.25, 0.3) is 38.7 Å². The van der Waals surface area contributed by atoms with Crippen LogP contribution < -0.4 is 10.2 Å². The van der Waals surface area contributed by atoms with Gasteiger partial charge in [-0.25, -0.2) is 14.5 Å². The van der Waals surface area contributed by atoms with Gasteiger partial charge in [-0.05, 0) is 45.6 Å². The number of fused-ring (bicyclic) bond motifs is 2. The van der Waals surface area contributed by atoms with E-state index < -0.39 is 11.1 Å². The van der Waals surface area contributed by atoms with Gasteiger partial charge in [-0.15, -0.1) is 0 Å². The summed E-state index contributed by atoms with van der Waals surface area (Å²) in [6.45, 7) is 3.85. The van der Waals surface area contributed by atoms with Crippen LogP contribution in [0.1, 0.15) is 0 Å². The molecule has 1 atom stereocenters. The first-order chi connectivity index (χ1) is 16.7. The Bertz CT molecular complexity index is 1530. The lowest BCUT2D eigenvalue weighted by atomic mass is 10.00. The maximum absolute atomic E-state index is 11.7. The molecule has 1 aliphatic heterocycles. The number of nitrogens with zero attached hydrogens (tertiary/aromatic N) is 5. The lowest BCUT2D eigenvalue weighted by molar-refractivity contribution is 0.538. The van der Waals surface area contributed by atoms with E-state index >= 15 is 0 Å². The van der Waals surface area contributed by atoms with Crippen LogP contribution >= 0.6 is 0 Å². The first kappa shape index (κ1) is 20.9. The van der Waals surface area contributed by atoms with Gasteiger partial charge in [-0.3, -0.25) is 4.21 Å². The Hall–Kier alpha value is -3.66. The fraction of sp³-hybridized carbons (Fsp3) is 0.160. The largest absolute Gasteiger partial charge is 0.768 e. The standard InChI is InChI=1S/C25H22N6O2S/c32-34(33)23-7-6-20(19-3-1-2-4-21(19)23)22-15-29-31-16-18(14-28-25(22)31)17-5-8-24(27-13-17)30-11-9-26-10-12-30/h1-8,13-16,26H,9-12H2,(H,32,33)/p-1. The molecule has 1 N–H and O–H groups in total. The molecule has 5 aromatic rings. The van der Waals surface area contributed by atoms with E-state index in [1.165, 1.54) is 0 Å². The number of rotatable bonds is 4. The van der Waals surface area contributed by atoms with Gasteiger partial charge >= 0.3 is 0 Å². The van der Waals surface area contributed by atoms with Gasteiger partial charge in [0.15, 0.2) is 5.65 Å². The van der Waals surface area contributed by atoms with Crippen molar-refractivity contribution in [2.24, 2.45) is 0 Å². The number of aromatic nitrogens is 4. The number of benzene rings is 2. The summed E-state index contributed by atoms with van der Waals surface area (Å²) < 4.78 is 25.1. The summed E-state index contributed by atoms with van der Waals surface area (Å²) >= 11 is -2.31. The minimum Gasteiger partial charge on any atom is -0.768 e. The molecule has 1 unspecified atom stereocenters. The zero-order chi connectivity index (χ0) is 23.1.